The molecule has 2 rings (SSSR count). The van der Waals surface area contributed by atoms with E-state index >= 15 is 0 Å². The number of amides is 2. The van der Waals surface area contributed by atoms with Crippen LogP contribution in [-0.2, 0) is 22.3 Å². The topological polar surface area (TPSA) is 62.3 Å². The molecule has 1 N–H and O–H groups in total. The number of halogens is 4. The number of hydrogen-bond acceptors (Lipinski definition) is 4. The third-order valence-corrected chi connectivity index (χ3v) is 3.53. The van der Waals surface area contributed by atoms with Crippen LogP contribution in [0.2, 0.25) is 5.15 Å². The fraction of sp³-hybridized carbons (Fsp3) is 0.308. The number of alkyl halides is 3. The highest BCUT2D eigenvalue weighted by Crippen LogP contribution is 2.33. The van der Waals surface area contributed by atoms with E-state index in [0.29, 0.717) is 11.1 Å². The second-order valence-electron chi connectivity index (χ2n) is 4.67. The molecule has 0 bridgehead atoms. The second-order valence-corrected chi connectivity index (χ2v) is 5.03. The predicted octanol–water partition coefficient (Wildman–Crippen LogP) is 2.46. The molecule has 22 heavy (non-hydrogen) atoms. The Morgan fingerprint density at radius 1 is 1.18 bits per heavy atom. The van der Waals surface area contributed by atoms with E-state index in [9.17, 15) is 22.8 Å². The Bertz CT molecular complexity index is 662. The first kappa shape index (κ1) is 16.4. The van der Waals surface area contributed by atoms with E-state index in [1.807, 2.05) is 0 Å². The lowest BCUT2D eigenvalue weighted by atomic mass is 10.2. The fourth-order valence-corrected chi connectivity index (χ4v) is 2.11. The molecule has 0 saturated heterocycles. The van der Waals surface area contributed by atoms with Crippen LogP contribution in [0.15, 0.2) is 23.3 Å². The molecule has 0 fully saturated rings. The summed E-state index contributed by atoms with van der Waals surface area (Å²) < 4.78 is 37.7. The van der Waals surface area contributed by atoms with Crippen LogP contribution in [0.5, 0.6) is 0 Å². The van der Waals surface area contributed by atoms with Crippen molar-refractivity contribution in [2.75, 3.05) is 0 Å². The van der Waals surface area contributed by atoms with Crippen molar-refractivity contribution in [1.29, 1.82) is 0 Å². The average Bonchev–Trinajstić information content (AvgIpc) is 2.60. The van der Waals surface area contributed by atoms with Crippen molar-refractivity contribution < 1.29 is 22.8 Å². The summed E-state index contributed by atoms with van der Waals surface area (Å²) in [4.78, 5) is 27.2. The molecule has 118 valence electrons. The van der Waals surface area contributed by atoms with E-state index in [1.54, 1.807) is 0 Å². The highest BCUT2D eigenvalue weighted by atomic mass is 35.5. The number of nitrogens with zero attached hydrogens (tertiary/aromatic N) is 2. The summed E-state index contributed by atoms with van der Waals surface area (Å²) in [6, 6.07) is 1.93. The van der Waals surface area contributed by atoms with Gasteiger partial charge in [-0.25, -0.2) is 15.4 Å². The van der Waals surface area contributed by atoms with Crippen molar-refractivity contribution in [1.82, 2.24) is 15.4 Å². The number of aromatic nitrogens is 1. The van der Waals surface area contributed by atoms with Gasteiger partial charge in [0.2, 0.25) is 0 Å². The Balaban J connectivity index is 2.09. The summed E-state index contributed by atoms with van der Waals surface area (Å²) in [6.45, 7) is 2.92. The molecule has 0 saturated carbocycles. The van der Waals surface area contributed by atoms with Crippen molar-refractivity contribution in [3.8, 4) is 0 Å². The molecule has 9 heteroatoms. The van der Waals surface area contributed by atoms with Crippen LogP contribution in [0.25, 0.3) is 0 Å². The molecule has 1 aliphatic heterocycles. The van der Waals surface area contributed by atoms with Crippen LogP contribution in [0.4, 0.5) is 13.2 Å². The van der Waals surface area contributed by atoms with Gasteiger partial charge in [0.25, 0.3) is 11.8 Å². The van der Waals surface area contributed by atoms with E-state index in [0.717, 1.165) is 17.1 Å². The number of carbonyl (C=O) groups is 2. The van der Waals surface area contributed by atoms with Gasteiger partial charge in [-0.3, -0.25) is 9.59 Å². The van der Waals surface area contributed by atoms with E-state index in [4.69, 9.17) is 11.6 Å². The van der Waals surface area contributed by atoms with Gasteiger partial charge in [0, 0.05) is 11.1 Å². The first-order valence-electron chi connectivity index (χ1n) is 6.15. The molecule has 2 heterocycles. The molecule has 0 unspecified atom stereocenters. The van der Waals surface area contributed by atoms with Gasteiger partial charge in [-0.2, -0.15) is 13.2 Å². The Morgan fingerprint density at radius 2 is 1.73 bits per heavy atom. The Hall–Kier alpha value is -1.93. The lowest BCUT2D eigenvalue weighted by Gasteiger charge is -2.16. The lowest BCUT2D eigenvalue weighted by molar-refractivity contribution is -0.141. The van der Waals surface area contributed by atoms with Crippen molar-refractivity contribution in [2.24, 2.45) is 0 Å². The molecule has 0 atom stereocenters. The average molecular weight is 334 g/mol. The number of rotatable bonds is 3. The molecule has 5 nitrogen and oxygen atoms in total. The van der Waals surface area contributed by atoms with E-state index < -0.39 is 28.7 Å². The first-order valence-corrected chi connectivity index (χ1v) is 6.53. The number of imide groups is 1. The Morgan fingerprint density at radius 3 is 2.18 bits per heavy atom. The highest BCUT2D eigenvalue weighted by molar-refractivity contribution is 6.30. The van der Waals surface area contributed by atoms with Gasteiger partial charge in [-0.1, -0.05) is 11.6 Å². The molecule has 1 aromatic rings. The van der Waals surface area contributed by atoms with Gasteiger partial charge in [0.15, 0.2) is 0 Å². The third-order valence-electron chi connectivity index (χ3n) is 3.24. The van der Waals surface area contributed by atoms with Crippen molar-refractivity contribution in [2.45, 2.75) is 26.6 Å². The van der Waals surface area contributed by atoms with Crippen LogP contribution in [0.3, 0.4) is 0 Å². The Labute approximate surface area is 128 Å². The Kier molecular flexibility index (Phi) is 4.25. The van der Waals surface area contributed by atoms with Gasteiger partial charge in [0.1, 0.15) is 5.15 Å². The van der Waals surface area contributed by atoms with Crippen LogP contribution in [0.1, 0.15) is 25.1 Å². The van der Waals surface area contributed by atoms with Gasteiger partial charge >= 0.3 is 6.18 Å². The maximum absolute atomic E-state index is 12.6. The zero-order chi connectivity index (χ0) is 16.7. The first-order chi connectivity index (χ1) is 10.1. The maximum atomic E-state index is 12.6. The standard InChI is InChI=1S/C13H11ClF3N3O2/c1-6-7(2)12(22)20(11(6)21)18-5-8-3-4-9(10(14)19-8)13(15,16)17/h3-4,18H,5H2,1-2H3. The SMILES string of the molecule is CC1=C(C)C(=O)N(NCc2ccc(C(F)(F)F)c(Cl)n2)C1=O. The minimum absolute atomic E-state index is 0.115. The third kappa shape index (κ3) is 2.97. The molecule has 0 aliphatic carbocycles. The van der Waals surface area contributed by atoms with Crippen LogP contribution in [-0.4, -0.2) is 21.8 Å². The van der Waals surface area contributed by atoms with Crippen molar-refractivity contribution in [3.05, 3.63) is 39.7 Å². The monoisotopic (exact) mass is 333 g/mol. The summed E-state index contributed by atoms with van der Waals surface area (Å²) in [6.07, 6.45) is -4.59. The van der Waals surface area contributed by atoms with Gasteiger partial charge in [0.05, 0.1) is 17.8 Å². The van der Waals surface area contributed by atoms with Crippen molar-refractivity contribution in [3.63, 3.8) is 0 Å². The largest absolute Gasteiger partial charge is 0.419 e. The molecule has 0 aromatic carbocycles. The van der Waals surface area contributed by atoms with Gasteiger partial charge < -0.3 is 0 Å². The number of carbonyl (C=O) groups excluding carboxylic acids is 2. The summed E-state index contributed by atoms with van der Waals surface area (Å²) in [7, 11) is 0. The van der Waals surface area contributed by atoms with E-state index in [-0.39, 0.29) is 12.2 Å². The lowest BCUT2D eigenvalue weighted by Crippen LogP contribution is -2.43. The molecule has 0 spiro atoms. The summed E-state index contributed by atoms with van der Waals surface area (Å²) >= 11 is 5.50. The molecule has 2 amide bonds. The van der Waals surface area contributed by atoms with Crippen molar-refractivity contribution >= 4 is 23.4 Å². The molecule has 1 aromatic heterocycles. The number of hydrogen-bond donors (Lipinski definition) is 1. The predicted molar refractivity (Wildman–Crippen MR) is 71.3 cm³/mol. The number of hydrazine groups is 1. The minimum Gasteiger partial charge on any atom is -0.267 e. The second kappa shape index (κ2) is 5.69. The van der Waals surface area contributed by atoms with Gasteiger partial charge in [-0.15, -0.1) is 0 Å². The number of nitrogens with one attached hydrogen (secondary N) is 1. The van der Waals surface area contributed by atoms with E-state index in [2.05, 4.69) is 10.4 Å². The quantitative estimate of drug-likeness (QED) is 0.682. The van der Waals surface area contributed by atoms with E-state index in [1.165, 1.54) is 13.8 Å². The molecule has 0 radical (unpaired) electrons. The highest BCUT2D eigenvalue weighted by Gasteiger charge is 2.35. The molecule has 1 aliphatic rings. The van der Waals surface area contributed by atoms with Gasteiger partial charge in [-0.05, 0) is 26.0 Å². The zero-order valence-corrected chi connectivity index (χ0v) is 12.3. The zero-order valence-electron chi connectivity index (χ0n) is 11.6. The van der Waals surface area contributed by atoms with Crippen LogP contribution < -0.4 is 5.43 Å². The summed E-state index contributed by atoms with van der Waals surface area (Å²) in [5.41, 5.74) is 2.29. The normalized spacial score (nSPS) is 16.0. The summed E-state index contributed by atoms with van der Waals surface area (Å²) in [5.74, 6) is -0.999. The molecular formula is C13H11ClF3N3O2. The minimum atomic E-state index is -4.59. The van der Waals surface area contributed by atoms with Crippen LogP contribution in [0, 0.1) is 0 Å². The smallest absolute Gasteiger partial charge is 0.267 e. The number of pyridine rings is 1. The maximum Gasteiger partial charge on any atom is 0.419 e. The molecular weight excluding hydrogens is 323 g/mol. The van der Waals surface area contributed by atoms with Crippen LogP contribution >= 0.6 is 11.6 Å². The summed E-state index contributed by atoms with van der Waals surface area (Å²) in [5, 5.41) is 0.120. The fourth-order valence-electron chi connectivity index (χ4n) is 1.83.